The van der Waals surface area contributed by atoms with Crippen LogP contribution in [0.4, 0.5) is 8.78 Å². The van der Waals surface area contributed by atoms with Gasteiger partial charge in [-0.15, -0.1) is 0 Å². The Hall–Kier alpha value is -1.49. The zero-order valence-corrected chi connectivity index (χ0v) is 9.89. The van der Waals surface area contributed by atoms with Gasteiger partial charge in [0.15, 0.2) is 0 Å². The van der Waals surface area contributed by atoms with Crippen molar-refractivity contribution in [2.75, 3.05) is 0 Å². The molecule has 3 N–H and O–H groups in total. The van der Waals surface area contributed by atoms with Gasteiger partial charge in [0.1, 0.15) is 11.6 Å². The Labute approximate surface area is 99.0 Å². The molecule has 0 spiro atoms. The van der Waals surface area contributed by atoms with Crippen molar-refractivity contribution in [3.63, 3.8) is 0 Å². The molecule has 0 aromatic heterocycles. The van der Waals surface area contributed by atoms with Crippen LogP contribution >= 0.6 is 0 Å². The quantitative estimate of drug-likeness (QED) is 0.844. The van der Waals surface area contributed by atoms with Gasteiger partial charge in [-0.25, -0.2) is 8.78 Å². The number of rotatable bonds is 4. The van der Waals surface area contributed by atoms with E-state index in [0.717, 1.165) is 18.2 Å². The van der Waals surface area contributed by atoms with E-state index in [1.54, 1.807) is 13.8 Å². The lowest BCUT2D eigenvalue weighted by atomic mass is 10.0. The number of hydrogen-bond acceptors (Lipinski definition) is 2. The first-order chi connectivity index (χ1) is 7.78. The summed E-state index contributed by atoms with van der Waals surface area (Å²) >= 11 is 0. The molecule has 0 bridgehead atoms. The molecule has 3 nitrogen and oxygen atoms in total. The van der Waals surface area contributed by atoms with Gasteiger partial charge in [-0.05, 0) is 32.0 Å². The number of nitrogens with two attached hydrogens (primary N) is 1. The van der Waals surface area contributed by atoms with E-state index < -0.39 is 17.2 Å². The number of carbonyl (C=O) groups is 1. The van der Waals surface area contributed by atoms with Crippen LogP contribution in [0.15, 0.2) is 18.2 Å². The number of halogens is 2. The molecule has 17 heavy (non-hydrogen) atoms. The zero-order chi connectivity index (χ0) is 13.1. The van der Waals surface area contributed by atoms with Gasteiger partial charge < -0.3 is 11.1 Å². The summed E-state index contributed by atoms with van der Waals surface area (Å²) in [7, 11) is 0. The topological polar surface area (TPSA) is 55.1 Å². The lowest BCUT2D eigenvalue weighted by molar-refractivity contribution is -0.122. The Morgan fingerprint density at radius 2 is 2.06 bits per heavy atom. The molecule has 0 unspecified atom stereocenters. The highest BCUT2D eigenvalue weighted by molar-refractivity contribution is 5.77. The van der Waals surface area contributed by atoms with Crippen molar-refractivity contribution in [3.05, 3.63) is 35.4 Å². The third kappa shape index (κ3) is 4.91. The van der Waals surface area contributed by atoms with Gasteiger partial charge in [0, 0.05) is 24.1 Å². The van der Waals surface area contributed by atoms with Gasteiger partial charge in [-0.2, -0.15) is 0 Å². The molecule has 0 aliphatic heterocycles. The molecule has 0 aliphatic rings. The van der Waals surface area contributed by atoms with Crippen LogP contribution in [0.3, 0.4) is 0 Å². The van der Waals surface area contributed by atoms with Crippen LogP contribution in [-0.4, -0.2) is 11.4 Å². The molecule has 5 heteroatoms. The molecular formula is C12H16F2N2O. The van der Waals surface area contributed by atoms with Crippen LogP contribution in [0.2, 0.25) is 0 Å². The van der Waals surface area contributed by atoms with Gasteiger partial charge >= 0.3 is 0 Å². The van der Waals surface area contributed by atoms with Crippen molar-refractivity contribution in [1.82, 2.24) is 5.32 Å². The first-order valence-electron chi connectivity index (χ1n) is 5.27. The summed E-state index contributed by atoms with van der Waals surface area (Å²) in [5, 5.41) is 2.50. The smallest absolute Gasteiger partial charge is 0.222 e. The minimum absolute atomic E-state index is 0.0431. The van der Waals surface area contributed by atoms with Gasteiger partial charge in [0.25, 0.3) is 0 Å². The lowest BCUT2D eigenvalue weighted by Gasteiger charge is -2.17. The van der Waals surface area contributed by atoms with Crippen LogP contribution in [-0.2, 0) is 11.3 Å². The molecule has 1 aromatic rings. The summed E-state index contributed by atoms with van der Waals surface area (Å²) in [6.45, 7) is 3.39. The first kappa shape index (κ1) is 13.6. The molecule has 0 saturated carbocycles. The fourth-order valence-electron chi connectivity index (χ4n) is 1.35. The summed E-state index contributed by atoms with van der Waals surface area (Å²) in [6, 6.07) is 3.12. The van der Waals surface area contributed by atoms with E-state index in [0.29, 0.717) is 0 Å². The van der Waals surface area contributed by atoms with Crippen LogP contribution in [0.1, 0.15) is 25.8 Å². The lowest BCUT2D eigenvalue weighted by Crippen LogP contribution is -2.38. The maximum atomic E-state index is 13.2. The second-order valence-corrected chi connectivity index (χ2v) is 4.68. The molecule has 1 rings (SSSR count). The Bertz CT molecular complexity index is 413. The van der Waals surface area contributed by atoms with Crippen molar-refractivity contribution in [1.29, 1.82) is 0 Å². The largest absolute Gasteiger partial charge is 0.352 e. The normalized spacial score (nSPS) is 11.4. The van der Waals surface area contributed by atoms with Crippen LogP contribution in [0, 0.1) is 11.6 Å². The second kappa shape index (κ2) is 5.23. The van der Waals surface area contributed by atoms with Crippen molar-refractivity contribution in [2.45, 2.75) is 32.4 Å². The maximum Gasteiger partial charge on any atom is 0.222 e. The summed E-state index contributed by atoms with van der Waals surface area (Å²) < 4.78 is 26.1. The standard InChI is InChI=1S/C12H16F2N2O/c1-12(2,15)6-11(17)16-7-8-5-9(13)3-4-10(8)14/h3-5H,6-7,15H2,1-2H3,(H,16,17). The van der Waals surface area contributed by atoms with E-state index in [4.69, 9.17) is 5.73 Å². The van der Waals surface area contributed by atoms with Gasteiger partial charge in [0.2, 0.25) is 5.91 Å². The molecule has 0 fully saturated rings. The summed E-state index contributed by atoms with van der Waals surface area (Å²) in [5.41, 5.74) is 5.16. The van der Waals surface area contributed by atoms with Crippen molar-refractivity contribution in [3.8, 4) is 0 Å². The minimum atomic E-state index is -0.620. The van der Waals surface area contributed by atoms with Gasteiger partial charge in [-0.1, -0.05) is 0 Å². The Morgan fingerprint density at radius 3 is 2.65 bits per heavy atom. The highest BCUT2D eigenvalue weighted by Gasteiger charge is 2.16. The second-order valence-electron chi connectivity index (χ2n) is 4.68. The molecule has 1 amide bonds. The molecule has 0 aliphatic carbocycles. The van der Waals surface area contributed by atoms with Gasteiger partial charge in [-0.3, -0.25) is 4.79 Å². The van der Waals surface area contributed by atoms with E-state index in [9.17, 15) is 13.6 Å². The van der Waals surface area contributed by atoms with E-state index in [1.807, 2.05) is 0 Å². The van der Waals surface area contributed by atoms with Crippen LogP contribution in [0.5, 0.6) is 0 Å². The average Bonchev–Trinajstić information content (AvgIpc) is 2.17. The minimum Gasteiger partial charge on any atom is -0.352 e. The summed E-state index contributed by atoms with van der Waals surface area (Å²) in [4.78, 5) is 11.4. The number of carbonyl (C=O) groups excluding carboxylic acids is 1. The Balaban J connectivity index is 2.56. The molecule has 0 atom stereocenters. The summed E-state index contributed by atoms with van der Waals surface area (Å²) in [6.07, 6.45) is 0.129. The number of amides is 1. The fourth-order valence-corrected chi connectivity index (χ4v) is 1.35. The van der Waals surface area contributed by atoms with E-state index in [1.165, 1.54) is 0 Å². The predicted octanol–water partition coefficient (Wildman–Crippen LogP) is 1.71. The van der Waals surface area contributed by atoms with Crippen LogP contribution in [0.25, 0.3) is 0 Å². The Kier molecular flexibility index (Phi) is 4.17. The van der Waals surface area contributed by atoms with Crippen molar-refractivity contribution in [2.24, 2.45) is 5.73 Å². The van der Waals surface area contributed by atoms with Crippen LogP contribution < -0.4 is 11.1 Å². The molecule has 0 saturated heterocycles. The number of hydrogen-bond donors (Lipinski definition) is 2. The third-order valence-electron chi connectivity index (χ3n) is 2.10. The predicted molar refractivity (Wildman–Crippen MR) is 61.1 cm³/mol. The number of nitrogens with one attached hydrogen (secondary N) is 1. The van der Waals surface area contributed by atoms with E-state index >= 15 is 0 Å². The highest BCUT2D eigenvalue weighted by atomic mass is 19.1. The summed E-state index contributed by atoms with van der Waals surface area (Å²) in [5.74, 6) is -1.37. The van der Waals surface area contributed by atoms with Gasteiger partial charge in [0.05, 0.1) is 0 Å². The highest BCUT2D eigenvalue weighted by Crippen LogP contribution is 2.10. The zero-order valence-electron chi connectivity index (χ0n) is 9.89. The SMILES string of the molecule is CC(C)(N)CC(=O)NCc1cc(F)ccc1F. The van der Waals surface area contributed by atoms with Crippen molar-refractivity contribution < 1.29 is 13.6 Å². The monoisotopic (exact) mass is 242 g/mol. The Morgan fingerprint density at radius 1 is 1.41 bits per heavy atom. The number of benzene rings is 1. The molecule has 94 valence electrons. The molecular weight excluding hydrogens is 226 g/mol. The third-order valence-corrected chi connectivity index (χ3v) is 2.10. The maximum absolute atomic E-state index is 13.2. The van der Waals surface area contributed by atoms with E-state index in [2.05, 4.69) is 5.32 Å². The average molecular weight is 242 g/mol. The van der Waals surface area contributed by atoms with Crippen molar-refractivity contribution >= 4 is 5.91 Å². The fraction of sp³-hybridized carbons (Fsp3) is 0.417. The molecule has 1 aromatic carbocycles. The van der Waals surface area contributed by atoms with E-state index in [-0.39, 0.29) is 24.4 Å². The molecule has 0 heterocycles. The molecule has 0 radical (unpaired) electrons. The first-order valence-corrected chi connectivity index (χ1v) is 5.27.